The summed E-state index contributed by atoms with van der Waals surface area (Å²) in [7, 11) is 3.96. The van der Waals surface area contributed by atoms with Crippen LogP contribution >= 0.6 is 11.3 Å². The van der Waals surface area contributed by atoms with Gasteiger partial charge in [-0.25, -0.2) is 4.79 Å². The van der Waals surface area contributed by atoms with E-state index in [1.807, 2.05) is 23.9 Å². The van der Waals surface area contributed by atoms with E-state index in [0.717, 1.165) is 74.8 Å². The number of thiophene rings is 1. The summed E-state index contributed by atoms with van der Waals surface area (Å²) >= 11 is 1.36. The second kappa shape index (κ2) is 43.3. The highest BCUT2D eigenvalue weighted by molar-refractivity contribution is 7.17. The smallest absolute Gasteiger partial charge is 0.341 e. The average molecular weight is 1030 g/mol. The van der Waals surface area contributed by atoms with Gasteiger partial charge < -0.3 is 29.3 Å². The first-order valence-corrected chi connectivity index (χ1v) is 30.8. The molecule has 0 unspecified atom stereocenters. The summed E-state index contributed by atoms with van der Waals surface area (Å²) in [5.74, 6) is -0.820. The van der Waals surface area contributed by atoms with Gasteiger partial charge in [0.25, 0.3) is 0 Å². The van der Waals surface area contributed by atoms with E-state index in [4.69, 9.17) is 14.2 Å². The van der Waals surface area contributed by atoms with E-state index in [2.05, 4.69) is 33.0 Å². The highest BCUT2D eigenvalue weighted by Gasteiger charge is 2.31. The van der Waals surface area contributed by atoms with Crippen LogP contribution in [0.1, 0.15) is 286 Å². The van der Waals surface area contributed by atoms with Crippen LogP contribution in [-0.2, 0) is 46.4 Å². The molecule has 0 saturated heterocycles. The lowest BCUT2D eigenvalue weighted by Crippen LogP contribution is -2.35. The summed E-state index contributed by atoms with van der Waals surface area (Å²) in [6.45, 7) is 11.2. The van der Waals surface area contributed by atoms with E-state index < -0.39 is 5.97 Å². The minimum atomic E-state index is -0.442. The second-order valence-electron chi connectivity index (χ2n) is 21.3. The molecule has 0 spiro atoms. The van der Waals surface area contributed by atoms with E-state index >= 15 is 0 Å². The van der Waals surface area contributed by atoms with Gasteiger partial charge in [-0.05, 0) is 103 Å². The van der Waals surface area contributed by atoms with Crippen LogP contribution in [0.5, 0.6) is 0 Å². The first-order valence-electron chi connectivity index (χ1n) is 29.9. The van der Waals surface area contributed by atoms with Crippen molar-refractivity contribution in [3.63, 3.8) is 0 Å². The molecule has 0 fully saturated rings. The Kier molecular flexibility index (Phi) is 39.1. The molecule has 0 aromatic carbocycles. The number of amides is 2. The molecule has 11 nitrogen and oxygen atoms in total. The Balaban J connectivity index is 1.91. The van der Waals surface area contributed by atoms with Gasteiger partial charge in [-0.15, -0.1) is 11.3 Å². The minimum absolute atomic E-state index is 0.0141. The number of ether oxygens (including phenoxy) is 3. The van der Waals surface area contributed by atoms with E-state index in [-0.39, 0.29) is 48.8 Å². The number of carbonyl (C=O) groups excluding carboxylic acids is 5. The van der Waals surface area contributed by atoms with E-state index in [1.54, 1.807) is 0 Å². The largest absolute Gasteiger partial charge is 0.465 e. The maximum atomic E-state index is 13.7. The Hall–Kier alpha value is -2.99. The Morgan fingerprint density at radius 2 is 1.06 bits per heavy atom. The molecule has 1 aliphatic rings. The third-order valence-electron chi connectivity index (χ3n) is 14.4. The van der Waals surface area contributed by atoms with Crippen molar-refractivity contribution >= 4 is 46.1 Å². The monoisotopic (exact) mass is 1030 g/mol. The van der Waals surface area contributed by atoms with Gasteiger partial charge in [0.1, 0.15) is 11.1 Å². The lowest BCUT2D eigenvalue weighted by molar-refractivity contribution is -0.150. The van der Waals surface area contributed by atoms with Crippen LogP contribution in [0.3, 0.4) is 0 Å². The van der Waals surface area contributed by atoms with Crippen LogP contribution in [0.2, 0.25) is 0 Å². The number of hydrogen-bond donors (Lipinski definition) is 1. The summed E-state index contributed by atoms with van der Waals surface area (Å²) in [5, 5.41) is 3.53. The van der Waals surface area contributed by atoms with Crippen LogP contribution in [0.15, 0.2) is 0 Å². The predicted octanol–water partition coefficient (Wildman–Crippen LogP) is 15.9. The molecule has 0 bridgehead atoms. The van der Waals surface area contributed by atoms with Gasteiger partial charge in [0.05, 0.1) is 31.2 Å². The van der Waals surface area contributed by atoms with Crippen LogP contribution in [0, 0.1) is 5.92 Å². The average Bonchev–Trinajstić information content (AvgIpc) is 3.72. The molecule has 416 valence electrons. The fourth-order valence-electron chi connectivity index (χ4n) is 9.82. The van der Waals surface area contributed by atoms with Crippen molar-refractivity contribution in [3.05, 3.63) is 16.0 Å². The number of esters is 3. The zero-order valence-corrected chi connectivity index (χ0v) is 47.9. The highest BCUT2D eigenvalue weighted by Crippen LogP contribution is 2.38. The summed E-state index contributed by atoms with van der Waals surface area (Å²) in [4.78, 5) is 71.6. The number of carbonyl (C=O) groups is 5. The van der Waals surface area contributed by atoms with Gasteiger partial charge >= 0.3 is 17.9 Å². The van der Waals surface area contributed by atoms with Gasteiger partial charge in [-0.2, -0.15) is 0 Å². The van der Waals surface area contributed by atoms with Gasteiger partial charge in [0.2, 0.25) is 11.8 Å². The molecule has 1 aliphatic heterocycles. The lowest BCUT2D eigenvalue weighted by atomic mass is 9.94. The van der Waals surface area contributed by atoms with Crippen molar-refractivity contribution in [3.8, 4) is 0 Å². The van der Waals surface area contributed by atoms with Crippen molar-refractivity contribution in [1.82, 2.24) is 9.80 Å². The van der Waals surface area contributed by atoms with Crippen molar-refractivity contribution < 1.29 is 38.2 Å². The molecule has 0 aliphatic carbocycles. The second-order valence-corrected chi connectivity index (χ2v) is 22.4. The number of rotatable bonds is 47. The number of fused-ring (bicyclic) bond motifs is 1. The Labute approximate surface area is 444 Å². The van der Waals surface area contributed by atoms with Crippen LogP contribution in [0.25, 0.3) is 0 Å². The van der Waals surface area contributed by atoms with E-state index in [1.165, 1.54) is 140 Å². The summed E-state index contributed by atoms with van der Waals surface area (Å²) in [5.41, 5.74) is 1.26. The standard InChI is InChI=1S/C60H107N3O8S/c1-7-11-15-19-23-28-37-50(38-29-24-20-16-12-8-2)59(67)69-47-35-27-32-41-54(64)61-58-57(60(68)70-48-36-45-62(5)6)52-44-46-63(49-53(52)72-58)55(65)42-33-34-43-56(66)71-51(39-30-25-21-17-13-9-3)40-31-26-22-18-14-10-4/h50-51H,7-49H2,1-6H3,(H,61,64). The molecule has 1 aromatic rings. The summed E-state index contributed by atoms with van der Waals surface area (Å²) < 4.78 is 17.6. The first-order chi connectivity index (χ1) is 35.0. The Morgan fingerprint density at radius 3 is 1.61 bits per heavy atom. The third-order valence-corrected chi connectivity index (χ3v) is 15.5. The summed E-state index contributed by atoms with van der Waals surface area (Å²) in [6, 6.07) is 0. The number of unbranched alkanes of at least 4 members (excludes halogenated alkanes) is 23. The quantitative estimate of drug-likeness (QED) is 0.0385. The molecule has 2 amide bonds. The number of nitrogens with one attached hydrogen (secondary N) is 1. The predicted molar refractivity (Wildman–Crippen MR) is 299 cm³/mol. The van der Waals surface area contributed by atoms with Crippen molar-refractivity contribution in [2.75, 3.05) is 45.7 Å². The summed E-state index contributed by atoms with van der Waals surface area (Å²) in [6.07, 6.45) is 38.3. The molecule has 2 rings (SSSR count). The van der Waals surface area contributed by atoms with Crippen LogP contribution in [0.4, 0.5) is 5.00 Å². The van der Waals surface area contributed by atoms with E-state index in [9.17, 15) is 24.0 Å². The third kappa shape index (κ3) is 31.0. The fraction of sp³-hybridized carbons (Fsp3) is 0.850. The maximum absolute atomic E-state index is 13.7. The number of hydrogen-bond acceptors (Lipinski definition) is 10. The molecule has 12 heteroatoms. The molecular formula is C60H107N3O8S. The molecule has 1 aromatic heterocycles. The normalized spacial score (nSPS) is 12.5. The first kappa shape index (κ1) is 65.1. The van der Waals surface area contributed by atoms with E-state index in [0.29, 0.717) is 81.6 Å². The van der Waals surface area contributed by atoms with Crippen LogP contribution in [-0.4, -0.2) is 86.0 Å². The molecule has 0 saturated carbocycles. The zero-order chi connectivity index (χ0) is 52.4. The van der Waals surface area contributed by atoms with Crippen molar-refractivity contribution in [2.45, 2.75) is 284 Å². The molecular weight excluding hydrogens is 923 g/mol. The zero-order valence-electron chi connectivity index (χ0n) is 47.1. The number of nitrogens with zero attached hydrogens (tertiary/aromatic N) is 2. The molecule has 1 N–H and O–H groups in total. The fourth-order valence-corrected chi connectivity index (χ4v) is 11.1. The van der Waals surface area contributed by atoms with Crippen LogP contribution < -0.4 is 5.32 Å². The van der Waals surface area contributed by atoms with Gasteiger partial charge in [-0.1, -0.05) is 169 Å². The lowest BCUT2D eigenvalue weighted by Gasteiger charge is -2.27. The Bertz CT molecular complexity index is 1550. The van der Waals surface area contributed by atoms with Crippen molar-refractivity contribution in [1.29, 1.82) is 0 Å². The van der Waals surface area contributed by atoms with Crippen molar-refractivity contribution in [2.24, 2.45) is 5.92 Å². The van der Waals surface area contributed by atoms with Gasteiger partial charge in [0, 0.05) is 37.2 Å². The minimum Gasteiger partial charge on any atom is -0.465 e. The number of anilines is 1. The molecule has 0 radical (unpaired) electrons. The maximum Gasteiger partial charge on any atom is 0.341 e. The molecule has 2 heterocycles. The Morgan fingerprint density at radius 1 is 0.569 bits per heavy atom. The molecule has 72 heavy (non-hydrogen) atoms. The molecule has 0 atom stereocenters. The topological polar surface area (TPSA) is 132 Å². The van der Waals surface area contributed by atoms with Gasteiger partial charge in [0.15, 0.2) is 0 Å². The van der Waals surface area contributed by atoms with Gasteiger partial charge in [-0.3, -0.25) is 19.2 Å². The SMILES string of the molecule is CCCCCCCCC(CCCCCCCC)OC(=O)CCCCC(=O)N1CCc2c(sc(NC(=O)CCCCCOC(=O)C(CCCCCCCC)CCCCCCCC)c2C(=O)OCCCN(C)C)C1. The highest BCUT2D eigenvalue weighted by atomic mass is 32.1.